The lowest BCUT2D eigenvalue weighted by Crippen LogP contribution is -2.46. The Bertz CT molecular complexity index is 276. The molecule has 1 aliphatic rings. The molecule has 0 aromatic carbocycles. The molecule has 0 bridgehead atoms. The molecule has 0 amide bonds. The fourth-order valence-electron chi connectivity index (χ4n) is 1.70. The van der Waals surface area contributed by atoms with Crippen LogP contribution >= 0.6 is 0 Å². The summed E-state index contributed by atoms with van der Waals surface area (Å²) in [7, 11) is -3.48. The van der Waals surface area contributed by atoms with Gasteiger partial charge in [-0.25, -0.2) is 0 Å². The molecule has 0 aromatic heterocycles. The van der Waals surface area contributed by atoms with Crippen molar-refractivity contribution in [2.45, 2.75) is 38.2 Å². The second-order valence-corrected chi connectivity index (χ2v) is 5.23. The molecule has 1 rings (SSSR count). The summed E-state index contributed by atoms with van der Waals surface area (Å²) in [6.45, 7) is 5.03. The van der Waals surface area contributed by atoms with Gasteiger partial charge in [-0.2, -0.15) is 8.42 Å². The van der Waals surface area contributed by atoms with Crippen molar-refractivity contribution in [1.29, 1.82) is 0 Å². The zero-order valence-corrected chi connectivity index (χ0v) is 10.0. The maximum atomic E-state index is 11.6. The van der Waals surface area contributed by atoms with Crippen LogP contribution in [-0.4, -0.2) is 39.7 Å². The third kappa shape index (κ3) is 3.71. The van der Waals surface area contributed by atoms with Crippen LogP contribution < -0.4 is 5.32 Å². The molecule has 0 spiro atoms. The van der Waals surface area contributed by atoms with Gasteiger partial charge in [-0.3, -0.25) is 9.50 Å². The van der Waals surface area contributed by atoms with Crippen molar-refractivity contribution in [3.05, 3.63) is 0 Å². The predicted octanol–water partition coefficient (Wildman–Crippen LogP) is 0.467. The van der Waals surface area contributed by atoms with Crippen LogP contribution in [-0.2, 0) is 19.0 Å². The Morgan fingerprint density at radius 1 is 1.33 bits per heavy atom. The summed E-state index contributed by atoms with van der Waals surface area (Å²) >= 11 is 0. The van der Waals surface area contributed by atoms with Gasteiger partial charge in [0.2, 0.25) is 0 Å². The van der Waals surface area contributed by atoms with Crippen LogP contribution in [0.5, 0.6) is 0 Å². The van der Waals surface area contributed by atoms with Gasteiger partial charge in [0.25, 0.3) is 10.1 Å². The summed E-state index contributed by atoms with van der Waals surface area (Å²) in [5.74, 6) is 0. The van der Waals surface area contributed by atoms with Crippen LogP contribution in [0.2, 0.25) is 0 Å². The summed E-state index contributed by atoms with van der Waals surface area (Å²) in [4.78, 5) is 0. The van der Waals surface area contributed by atoms with Gasteiger partial charge in [-0.15, -0.1) is 0 Å². The molecule has 0 aliphatic carbocycles. The molecule has 2 unspecified atom stereocenters. The predicted molar refractivity (Wildman–Crippen MR) is 57.0 cm³/mol. The summed E-state index contributed by atoms with van der Waals surface area (Å²) in [5.41, 5.74) is 0. The molecule has 15 heavy (non-hydrogen) atoms. The van der Waals surface area contributed by atoms with Crippen molar-refractivity contribution in [1.82, 2.24) is 5.32 Å². The van der Waals surface area contributed by atoms with Gasteiger partial charge in [0, 0.05) is 13.0 Å². The van der Waals surface area contributed by atoms with E-state index in [1.807, 2.05) is 6.92 Å². The van der Waals surface area contributed by atoms with Crippen molar-refractivity contribution < 1.29 is 17.3 Å². The molecule has 90 valence electrons. The van der Waals surface area contributed by atoms with E-state index in [0.717, 1.165) is 6.42 Å². The van der Waals surface area contributed by atoms with Crippen LogP contribution in [0.1, 0.15) is 26.7 Å². The highest BCUT2D eigenvalue weighted by Gasteiger charge is 2.32. The zero-order valence-electron chi connectivity index (χ0n) is 9.23. The fourth-order valence-corrected chi connectivity index (χ4v) is 2.96. The maximum Gasteiger partial charge on any atom is 0.283 e. The molecular formula is C9H19NO4S. The standard InChI is InChI=1S/C9H19NO4S/c1-3-13-8-5-6-10-9(7-8)15(11,12)14-4-2/h8-10H,3-7H2,1-2H3. The molecule has 0 saturated carbocycles. The number of hydrogen-bond donors (Lipinski definition) is 1. The zero-order chi connectivity index (χ0) is 11.3. The van der Waals surface area contributed by atoms with E-state index in [1.165, 1.54) is 0 Å². The largest absolute Gasteiger partial charge is 0.378 e. The summed E-state index contributed by atoms with van der Waals surface area (Å²) < 4.78 is 33.4. The van der Waals surface area contributed by atoms with E-state index in [-0.39, 0.29) is 12.7 Å². The second kappa shape index (κ2) is 5.79. The van der Waals surface area contributed by atoms with E-state index in [4.69, 9.17) is 8.92 Å². The first-order valence-electron chi connectivity index (χ1n) is 5.33. The van der Waals surface area contributed by atoms with Crippen molar-refractivity contribution >= 4 is 10.1 Å². The first-order valence-corrected chi connectivity index (χ1v) is 6.80. The lowest BCUT2D eigenvalue weighted by Gasteiger charge is -2.29. The molecule has 1 N–H and O–H groups in total. The Morgan fingerprint density at radius 2 is 2.07 bits per heavy atom. The van der Waals surface area contributed by atoms with Gasteiger partial charge in [0.15, 0.2) is 0 Å². The van der Waals surface area contributed by atoms with Crippen molar-refractivity contribution in [3.63, 3.8) is 0 Å². The van der Waals surface area contributed by atoms with Crippen LogP contribution in [0.15, 0.2) is 0 Å². The maximum absolute atomic E-state index is 11.6. The third-order valence-corrected chi connectivity index (χ3v) is 3.97. The van der Waals surface area contributed by atoms with E-state index >= 15 is 0 Å². The first-order chi connectivity index (χ1) is 7.10. The van der Waals surface area contributed by atoms with Crippen LogP contribution in [0.25, 0.3) is 0 Å². The lowest BCUT2D eigenvalue weighted by atomic mass is 10.1. The first kappa shape index (κ1) is 12.9. The Kier molecular flexibility index (Phi) is 4.98. The highest BCUT2D eigenvalue weighted by molar-refractivity contribution is 7.87. The van der Waals surface area contributed by atoms with E-state index in [9.17, 15) is 8.42 Å². The third-order valence-electron chi connectivity index (χ3n) is 2.35. The Morgan fingerprint density at radius 3 is 2.67 bits per heavy atom. The second-order valence-electron chi connectivity index (χ2n) is 3.44. The van der Waals surface area contributed by atoms with Gasteiger partial charge in [0.1, 0.15) is 5.37 Å². The van der Waals surface area contributed by atoms with Crippen molar-refractivity contribution in [2.75, 3.05) is 19.8 Å². The lowest BCUT2D eigenvalue weighted by molar-refractivity contribution is 0.0365. The van der Waals surface area contributed by atoms with E-state index in [0.29, 0.717) is 19.6 Å². The molecule has 0 radical (unpaired) electrons. The smallest absolute Gasteiger partial charge is 0.283 e. The molecule has 6 heteroatoms. The molecule has 1 fully saturated rings. The van der Waals surface area contributed by atoms with Gasteiger partial charge >= 0.3 is 0 Å². The minimum atomic E-state index is -3.48. The van der Waals surface area contributed by atoms with Crippen LogP contribution in [0, 0.1) is 0 Å². The highest BCUT2D eigenvalue weighted by atomic mass is 32.2. The molecule has 5 nitrogen and oxygen atoms in total. The molecule has 1 aliphatic heterocycles. The van der Waals surface area contributed by atoms with Crippen LogP contribution in [0.3, 0.4) is 0 Å². The fraction of sp³-hybridized carbons (Fsp3) is 1.00. The quantitative estimate of drug-likeness (QED) is 0.704. The average Bonchev–Trinajstić information content (AvgIpc) is 2.19. The minimum absolute atomic E-state index is 0.0245. The highest BCUT2D eigenvalue weighted by Crippen LogP contribution is 2.17. The van der Waals surface area contributed by atoms with E-state index in [1.54, 1.807) is 6.92 Å². The summed E-state index contributed by atoms with van der Waals surface area (Å²) in [5, 5.41) is 2.32. The Labute approximate surface area is 91.3 Å². The van der Waals surface area contributed by atoms with E-state index in [2.05, 4.69) is 5.32 Å². The van der Waals surface area contributed by atoms with Gasteiger partial charge in [0.05, 0.1) is 12.7 Å². The monoisotopic (exact) mass is 237 g/mol. The topological polar surface area (TPSA) is 64.6 Å². The SMILES string of the molecule is CCOC1CCNC(S(=O)(=O)OCC)C1. The Balaban J connectivity index is 2.55. The van der Waals surface area contributed by atoms with Crippen molar-refractivity contribution in [2.24, 2.45) is 0 Å². The number of ether oxygens (including phenoxy) is 1. The number of hydrogen-bond acceptors (Lipinski definition) is 5. The van der Waals surface area contributed by atoms with Gasteiger partial charge in [-0.1, -0.05) is 0 Å². The van der Waals surface area contributed by atoms with Gasteiger partial charge in [-0.05, 0) is 26.8 Å². The van der Waals surface area contributed by atoms with Crippen molar-refractivity contribution in [3.8, 4) is 0 Å². The molecule has 2 atom stereocenters. The summed E-state index contributed by atoms with van der Waals surface area (Å²) in [6.07, 6.45) is 1.35. The van der Waals surface area contributed by atoms with E-state index < -0.39 is 15.5 Å². The summed E-state index contributed by atoms with van der Waals surface area (Å²) in [6, 6.07) is 0. The molecule has 0 aromatic rings. The molecule has 1 heterocycles. The van der Waals surface area contributed by atoms with Gasteiger partial charge < -0.3 is 4.74 Å². The minimum Gasteiger partial charge on any atom is -0.378 e. The average molecular weight is 237 g/mol. The molecular weight excluding hydrogens is 218 g/mol. The van der Waals surface area contributed by atoms with Crippen LogP contribution in [0.4, 0.5) is 0 Å². The number of rotatable bonds is 5. The normalized spacial score (nSPS) is 27.9. The molecule has 1 saturated heterocycles. The number of nitrogens with one attached hydrogen (secondary N) is 1. The Hall–Kier alpha value is -0.170. The number of piperidine rings is 1.